The van der Waals surface area contributed by atoms with Crippen LogP contribution >= 0.6 is 0 Å². The van der Waals surface area contributed by atoms with Gasteiger partial charge in [0.1, 0.15) is 12.1 Å². The zero-order valence-electron chi connectivity index (χ0n) is 24.2. The maximum absolute atomic E-state index is 8.25. The van der Waals surface area contributed by atoms with Crippen LogP contribution in [0.2, 0.25) is 0 Å². The van der Waals surface area contributed by atoms with Crippen molar-refractivity contribution in [3.63, 3.8) is 0 Å². The van der Waals surface area contributed by atoms with Crippen molar-refractivity contribution >= 4 is 57.5 Å². The van der Waals surface area contributed by atoms with Crippen LogP contribution in [0, 0.1) is 0 Å². The van der Waals surface area contributed by atoms with E-state index in [1.54, 1.807) is 0 Å². The standard InChI is InChI=1S/2C13H19N2.2CH3O.2Mg/c2*1-10(2)14-12-8-6-5-7-9-13(12)15-11(3)4;2*1-2;;/h2*5-11H,1-4H3;2*1H3;;/q4*-1;2*+2/p+2. The van der Waals surface area contributed by atoms with Crippen LogP contribution in [0.4, 0.5) is 11.4 Å². The predicted molar refractivity (Wildman–Crippen MR) is 151 cm³/mol. The van der Waals surface area contributed by atoms with Crippen molar-refractivity contribution in [1.82, 2.24) is 0 Å². The van der Waals surface area contributed by atoms with Crippen molar-refractivity contribution in [2.24, 2.45) is 0 Å². The Morgan fingerprint density at radius 2 is 0.778 bits per heavy atom. The van der Waals surface area contributed by atoms with Gasteiger partial charge in [-0.05, 0) is 27.7 Å². The molecule has 0 heterocycles. The number of nitrogens with zero attached hydrogens (tertiary/aromatic N) is 2. The van der Waals surface area contributed by atoms with E-state index in [4.69, 9.17) is 10.2 Å². The number of nitrogens with one attached hydrogen (secondary N) is 2. The fraction of sp³-hybridized carbons (Fsp3) is 0.500. The van der Waals surface area contributed by atoms with Crippen LogP contribution in [0.3, 0.4) is 0 Å². The minimum atomic E-state index is 0. The molecule has 0 aliphatic carbocycles. The second kappa shape index (κ2) is 26.9. The van der Waals surface area contributed by atoms with Gasteiger partial charge in [-0.25, -0.2) is 9.98 Å². The van der Waals surface area contributed by atoms with E-state index in [9.17, 15) is 0 Å². The third-order valence-corrected chi connectivity index (χ3v) is 3.71. The first-order chi connectivity index (χ1) is 16.2. The van der Waals surface area contributed by atoms with Gasteiger partial charge in [-0.2, -0.15) is 14.2 Å². The summed E-state index contributed by atoms with van der Waals surface area (Å²) in [6, 6.07) is 21.9. The largest absolute Gasteiger partial charge is 2.00 e. The Morgan fingerprint density at radius 1 is 0.500 bits per heavy atom. The molecule has 0 unspecified atom stereocenters. The zero-order valence-corrected chi connectivity index (χ0v) is 27.0. The molecule has 2 rings (SSSR count). The molecule has 0 fully saturated rings. The summed E-state index contributed by atoms with van der Waals surface area (Å²) in [4.78, 5) is 6.81. The van der Waals surface area contributed by atoms with E-state index < -0.39 is 0 Å². The fourth-order valence-corrected chi connectivity index (χ4v) is 2.72. The van der Waals surface area contributed by atoms with Crippen LogP contribution in [0.1, 0.15) is 55.4 Å². The Labute approximate surface area is 252 Å². The number of hydrogen-bond donors (Lipinski definition) is 2. The molecule has 36 heavy (non-hydrogen) atoms. The summed E-state index contributed by atoms with van der Waals surface area (Å²) in [5.41, 5.74) is 2.06. The molecule has 2 aromatic carbocycles. The topological polar surface area (TPSA) is 102 Å². The molecule has 192 valence electrons. The van der Waals surface area contributed by atoms with Crippen LogP contribution in [0.15, 0.2) is 60.7 Å². The minimum Gasteiger partial charge on any atom is -0.857 e. The molecule has 0 aromatic heterocycles. The normalized spacial score (nSPS) is 10.6. The number of rotatable bonds is 6. The van der Waals surface area contributed by atoms with Gasteiger partial charge in [0.15, 0.2) is 10.7 Å². The zero-order chi connectivity index (χ0) is 26.5. The number of hydrogen-bond acceptors (Lipinski definition) is 2. The van der Waals surface area contributed by atoms with Gasteiger partial charge in [0.2, 0.25) is 0 Å². The molecule has 2 N–H and O–H groups in total. The molecule has 8 heteroatoms. The average molecular weight is 519 g/mol. The van der Waals surface area contributed by atoms with Gasteiger partial charge in [-0.3, -0.25) is 0 Å². The molecule has 0 bridgehead atoms. The molecular formula is C28H46Mg2N4O2+2. The Balaban J connectivity index is -0.000000238. The van der Waals surface area contributed by atoms with Crippen LogP contribution in [-0.4, -0.2) is 84.5 Å². The summed E-state index contributed by atoms with van der Waals surface area (Å²) in [7, 11) is 1.50. The Hall–Kier alpha value is -1.17. The quantitative estimate of drug-likeness (QED) is 0.532. The van der Waals surface area contributed by atoms with Gasteiger partial charge in [-0.1, -0.05) is 87.6 Å². The SMILES string of the molecule is CC(C)[N-]c1cccccc1=[NH+]C(C)C.CC(C)[N-]c1cccccc1=[NH+]C(C)C.C[O-].C[O-].[Mg+2].[Mg+2]. The van der Waals surface area contributed by atoms with Crippen LogP contribution in [0.25, 0.3) is 10.6 Å². The maximum atomic E-state index is 8.25. The summed E-state index contributed by atoms with van der Waals surface area (Å²) in [5, 5.41) is 27.9. The monoisotopic (exact) mass is 518 g/mol. The molecule has 0 aliphatic heterocycles. The summed E-state index contributed by atoms with van der Waals surface area (Å²) in [6.07, 6.45) is 0. The Bertz CT molecular complexity index is 831. The average Bonchev–Trinajstić information content (AvgIpc) is 3.11. The fourth-order valence-electron chi connectivity index (χ4n) is 2.72. The smallest absolute Gasteiger partial charge is 0.857 e. The first-order valence-corrected chi connectivity index (χ1v) is 11.8. The summed E-state index contributed by atoms with van der Waals surface area (Å²) < 4.78 is 0. The molecule has 0 radical (unpaired) electrons. The van der Waals surface area contributed by atoms with E-state index in [0.29, 0.717) is 24.2 Å². The summed E-state index contributed by atoms with van der Waals surface area (Å²) in [6.45, 7) is 16.9. The molecule has 0 amide bonds. The molecule has 0 atom stereocenters. The predicted octanol–water partition coefficient (Wildman–Crippen LogP) is 0.171. The van der Waals surface area contributed by atoms with E-state index in [1.807, 2.05) is 48.5 Å². The molecular weight excluding hydrogens is 473 g/mol. The van der Waals surface area contributed by atoms with E-state index in [0.717, 1.165) is 36.3 Å². The first kappa shape index (κ1) is 41.9. The van der Waals surface area contributed by atoms with E-state index >= 15 is 0 Å². The second-order valence-corrected chi connectivity index (χ2v) is 8.46. The van der Waals surface area contributed by atoms with E-state index in [1.165, 1.54) is 0 Å². The van der Waals surface area contributed by atoms with Crippen LogP contribution in [-0.2, 0) is 0 Å². The molecule has 0 aliphatic rings. The summed E-state index contributed by atoms with van der Waals surface area (Å²) >= 11 is 0. The van der Waals surface area contributed by atoms with Crippen molar-refractivity contribution in [2.75, 3.05) is 14.2 Å². The molecule has 2 aromatic rings. The van der Waals surface area contributed by atoms with Crippen molar-refractivity contribution in [3.8, 4) is 0 Å². The van der Waals surface area contributed by atoms with Crippen molar-refractivity contribution in [1.29, 1.82) is 0 Å². The van der Waals surface area contributed by atoms with Crippen LogP contribution < -0.4 is 30.9 Å². The maximum Gasteiger partial charge on any atom is 2.00 e. The molecule has 0 saturated carbocycles. The minimum absolute atomic E-state index is 0. The van der Waals surface area contributed by atoms with Crippen molar-refractivity contribution in [2.45, 2.75) is 79.6 Å². The van der Waals surface area contributed by atoms with Gasteiger partial charge >= 0.3 is 46.1 Å². The second-order valence-electron chi connectivity index (χ2n) is 8.46. The van der Waals surface area contributed by atoms with Gasteiger partial charge in [0.05, 0.1) is 0 Å². The van der Waals surface area contributed by atoms with Crippen molar-refractivity contribution < 1.29 is 20.2 Å². The Kier molecular flexibility index (Phi) is 31.3. The van der Waals surface area contributed by atoms with Gasteiger partial charge in [0.25, 0.3) is 0 Å². The van der Waals surface area contributed by atoms with Crippen molar-refractivity contribution in [3.05, 3.63) is 82.0 Å². The molecule has 0 spiro atoms. The first-order valence-electron chi connectivity index (χ1n) is 11.8. The van der Waals surface area contributed by atoms with Gasteiger partial charge < -0.3 is 20.8 Å². The van der Waals surface area contributed by atoms with Gasteiger partial charge in [-0.15, -0.1) is 12.1 Å². The van der Waals surface area contributed by atoms with E-state index in [-0.39, 0.29) is 46.1 Å². The van der Waals surface area contributed by atoms with Gasteiger partial charge in [0, 0.05) is 12.1 Å². The van der Waals surface area contributed by atoms with Crippen LogP contribution in [0.5, 0.6) is 0 Å². The third kappa shape index (κ3) is 22.1. The molecule has 0 saturated heterocycles. The molecule has 6 nitrogen and oxygen atoms in total. The Morgan fingerprint density at radius 3 is 1.03 bits per heavy atom. The summed E-state index contributed by atoms with van der Waals surface area (Å²) in [5.74, 6) is 0. The van der Waals surface area contributed by atoms with E-state index in [2.05, 4.69) is 88.1 Å². The third-order valence-electron chi connectivity index (χ3n) is 3.71.